The molecule has 0 fully saturated rings. The molecule has 122 valence electrons. The summed E-state index contributed by atoms with van der Waals surface area (Å²) in [5, 5.41) is 3.64. The van der Waals surface area contributed by atoms with Crippen molar-refractivity contribution in [3.05, 3.63) is 81.4 Å². The predicted molar refractivity (Wildman–Crippen MR) is 91.3 cm³/mol. The second-order valence-corrected chi connectivity index (χ2v) is 5.75. The van der Waals surface area contributed by atoms with Crippen LogP contribution in [-0.4, -0.2) is 10.9 Å². The van der Waals surface area contributed by atoms with Crippen LogP contribution < -0.4 is 10.9 Å². The molecule has 0 saturated heterocycles. The maximum Gasteiger partial charge on any atom is 0.252 e. The quantitative estimate of drug-likeness (QED) is 0.775. The molecule has 3 aromatic rings. The number of H-pyrrole nitrogens is 1. The van der Waals surface area contributed by atoms with Gasteiger partial charge in [0.1, 0.15) is 5.82 Å². The largest absolute Gasteiger partial charge is 0.352 e. The summed E-state index contributed by atoms with van der Waals surface area (Å²) < 4.78 is 13.2. The number of hydrogen-bond acceptors (Lipinski definition) is 2. The van der Waals surface area contributed by atoms with Crippen molar-refractivity contribution in [3.63, 3.8) is 0 Å². The molecule has 5 heteroatoms. The zero-order chi connectivity index (χ0) is 17.1. The van der Waals surface area contributed by atoms with Crippen LogP contribution in [-0.2, 0) is 17.8 Å². The number of aromatic nitrogens is 1. The summed E-state index contributed by atoms with van der Waals surface area (Å²) in [5.41, 5.74) is 2.25. The van der Waals surface area contributed by atoms with Gasteiger partial charge in [-0.2, -0.15) is 0 Å². The molecule has 0 bridgehead atoms. The standard InChI is InChI=1S/C19H17FN2O2/c1-12-8-13(6-7-16(12)20)11-21-18(23)10-15-9-14-4-2-3-5-17(14)22-19(15)24/h2-9H,10-11H2,1H3,(H,21,23)(H,22,24). The third-order valence-electron chi connectivity index (χ3n) is 3.89. The number of carbonyl (C=O) groups is 1. The molecular formula is C19H17FN2O2. The number of aromatic amines is 1. The minimum atomic E-state index is -0.271. The van der Waals surface area contributed by atoms with E-state index in [0.717, 1.165) is 16.5 Å². The van der Waals surface area contributed by atoms with Crippen LogP contribution in [0.5, 0.6) is 0 Å². The molecule has 1 aromatic heterocycles. The molecule has 24 heavy (non-hydrogen) atoms. The Morgan fingerprint density at radius 1 is 1.17 bits per heavy atom. The molecule has 2 aromatic carbocycles. The van der Waals surface area contributed by atoms with Crippen molar-refractivity contribution in [2.75, 3.05) is 0 Å². The van der Waals surface area contributed by atoms with Gasteiger partial charge in [-0.1, -0.05) is 30.3 Å². The normalized spacial score (nSPS) is 10.8. The van der Waals surface area contributed by atoms with Gasteiger partial charge in [0.25, 0.3) is 5.56 Å². The third-order valence-corrected chi connectivity index (χ3v) is 3.89. The molecular weight excluding hydrogens is 307 g/mol. The number of halogens is 1. The summed E-state index contributed by atoms with van der Waals surface area (Å²) in [6, 6.07) is 13.9. The zero-order valence-corrected chi connectivity index (χ0v) is 13.2. The van der Waals surface area contributed by atoms with Crippen LogP contribution in [0.25, 0.3) is 10.9 Å². The van der Waals surface area contributed by atoms with E-state index in [4.69, 9.17) is 0 Å². The first-order chi connectivity index (χ1) is 11.5. The Bertz CT molecular complexity index is 963. The van der Waals surface area contributed by atoms with Crippen molar-refractivity contribution in [1.82, 2.24) is 10.3 Å². The lowest BCUT2D eigenvalue weighted by molar-refractivity contribution is -0.120. The summed E-state index contributed by atoms with van der Waals surface area (Å²) >= 11 is 0. The molecule has 0 aliphatic carbocycles. The van der Waals surface area contributed by atoms with Crippen molar-refractivity contribution in [1.29, 1.82) is 0 Å². The highest BCUT2D eigenvalue weighted by Crippen LogP contribution is 2.11. The highest BCUT2D eigenvalue weighted by Gasteiger charge is 2.09. The summed E-state index contributed by atoms with van der Waals surface area (Å²) in [6.07, 6.45) is 0.000342. The molecule has 0 aliphatic heterocycles. The molecule has 4 nitrogen and oxygen atoms in total. The highest BCUT2D eigenvalue weighted by atomic mass is 19.1. The van der Waals surface area contributed by atoms with Gasteiger partial charge in [0.15, 0.2) is 0 Å². The van der Waals surface area contributed by atoms with Crippen LogP contribution >= 0.6 is 0 Å². The summed E-state index contributed by atoms with van der Waals surface area (Å²) in [4.78, 5) is 26.9. The van der Waals surface area contributed by atoms with E-state index in [0.29, 0.717) is 17.7 Å². The second kappa shape index (κ2) is 6.66. The van der Waals surface area contributed by atoms with Crippen LogP contribution in [0.15, 0.2) is 53.3 Å². The highest BCUT2D eigenvalue weighted by molar-refractivity contribution is 5.82. The molecule has 1 amide bonds. The molecule has 0 saturated carbocycles. The minimum Gasteiger partial charge on any atom is -0.352 e. The predicted octanol–water partition coefficient (Wildman–Crippen LogP) is 2.83. The molecule has 0 radical (unpaired) electrons. The monoisotopic (exact) mass is 324 g/mol. The van der Waals surface area contributed by atoms with E-state index in [1.807, 2.05) is 24.3 Å². The Morgan fingerprint density at radius 2 is 1.96 bits per heavy atom. The van der Waals surface area contributed by atoms with Gasteiger partial charge in [0.05, 0.1) is 6.42 Å². The van der Waals surface area contributed by atoms with Gasteiger partial charge >= 0.3 is 0 Å². The number of rotatable bonds is 4. The number of hydrogen-bond donors (Lipinski definition) is 2. The van der Waals surface area contributed by atoms with Crippen molar-refractivity contribution in [2.45, 2.75) is 19.9 Å². The minimum absolute atomic E-state index is 0.000342. The average Bonchev–Trinajstić information content (AvgIpc) is 2.56. The SMILES string of the molecule is Cc1cc(CNC(=O)Cc2cc3ccccc3[nH]c2=O)ccc1F. The van der Waals surface area contributed by atoms with E-state index >= 15 is 0 Å². The van der Waals surface area contributed by atoms with Crippen LogP contribution in [0, 0.1) is 12.7 Å². The van der Waals surface area contributed by atoms with Gasteiger partial charge in [-0.3, -0.25) is 9.59 Å². The van der Waals surface area contributed by atoms with E-state index in [-0.39, 0.29) is 23.7 Å². The Hall–Kier alpha value is -2.95. The topological polar surface area (TPSA) is 62.0 Å². The number of pyridine rings is 1. The number of fused-ring (bicyclic) bond motifs is 1. The Labute approximate surface area is 138 Å². The Balaban J connectivity index is 1.69. The number of benzene rings is 2. The maximum absolute atomic E-state index is 13.2. The van der Waals surface area contributed by atoms with E-state index in [1.165, 1.54) is 6.07 Å². The molecule has 0 spiro atoms. The Kier molecular flexibility index (Phi) is 4.42. The van der Waals surface area contributed by atoms with Crippen molar-refractivity contribution >= 4 is 16.8 Å². The summed E-state index contributed by atoms with van der Waals surface area (Å²) in [5.74, 6) is -0.523. The van der Waals surface area contributed by atoms with Crippen molar-refractivity contribution < 1.29 is 9.18 Å². The van der Waals surface area contributed by atoms with Crippen LogP contribution in [0.1, 0.15) is 16.7 Å². The first-order valence-corrected chi connectivity index (χ1v) is 7.65. The Morgan fingerprint density at radius 3 is 2.75 bits per heavy atom. The summed E-state index contributed by atoms with van der Waals surface area (Å²) in [7, 11) is 0. The summed E-state index contributed by atoms with van der Waals surface area (Å²) in [6.45, 7) is 1.97. The van der Waals surface area contributed by atoms with Gasteiger partial charge in [-0.05, 0) is 41.6 Å². The second-order valence-electron chi connectivity index (χ2n) is 5.75. The lowest BCUT2D eigenvalue weighted by Crippen LogP contribution is -2.27. The van der Waals surface area contributed by atoms with Crippen molar-refractivity contribution in [3.8, 4) is 0 Å². The number of para-hydroxylation sites is 1. The van der Waals surface area contributed by atoms with E-state index in [2.05, 4.69) is 10.3 Å². The van der Waals surface area contributed by atoms with Crippen LogP contribution in [0.4, 0.5) is 4.39 Å². The van der Waals surface area contributed by atoms with Crippen LogP contribution in [0.2, 0.25) is 0 Å². The van der Waals surface area contributed by atoms with Gasteiger partial charge in [-0.25, -0.2) is 4.39 Å². The zero-order valence-electron chi connectivity index (χ0n) is 13.2. The van der Waals surface area contributed by atoms with Gasteiger partial charge in [-0.15, -0.1) is 0 Å². The first-order valence-electron chi connectivity index (χ1n) is 7.65. The lowest BCUT2D eigenvalue weighted by atomic mass is 10.1. The van der Waals surface area contributed by atoms with Crippen LogP contribution in [0.3, 0.4) is 0 Å². The first kappa shape index (κ1) is 15.9. The maximum atomic E-state index is 13.2. The average molecular weight is 324 g/mol. The number of nitrogens with one attached hydrogen (secondary N) is 2. The van der Waals surface area contributed by atoms with Gasteiger partial charge in [0, 0.05) is 17.6 Å². The smallest absolute Gasteiger partial charge is 0.252 e. The van der Waals surface area contributed by atoms with Crippen molar-refractivity contribution in [2.24, 2.45) is 0 Å². The fraction of sp³-hybridized carbons (Fsp3) is 0.158. The molecule has 3 rings (SSSR count). The lowest BCUT2D eigenvalue weighted by Gasteiger charge is -2.07. The van der Waals surface area contributed by atoms with E-state index in [1.54, 1.807) is 25.1 Å². The fourth-order valence-electron chi connectivity index (χ4n) is 2.58. The molecule has 1 heterocycles. The molecule has 2 N–H and O–H groups in total. The number of carbonyl (C=O) groups excluding carboxylic acids is 1. The number of amides is 1. The van der Waals surface area contributed by atoms with Gasteiger partial charge < -0.3 is 10.3 Å². The fourth-order valence-corrected chi connectivity index (χ4v) is 2.58. The van der Waals surface area contributed by atoms with E-state index in [9.17, 15) is 14.0 Å². The third kappa shape index (κ3) is 3.51. The van der Waals surface area contributed by atoms with Gasteiger partial charge in [0.2, 0.25) is 5.91 Å². The molecule has 0 unspecified atom stereocenters. The molecule has 0 atom stereocenters. The molecule has 0 aliphatic rings. The van der Waals surface area contributed by atoms with E-state index < -0.39 is 0 Å². The number of aryl methyl sites for hydroxylation is 1.